The number of carbonyl (C=O) groups is 1. The Labute approximate surface area is 125 Å². The number of benzene rings is 1. The van der Waals surface area contributed by atoms with E-state index in [4.69, 9.17) is 4.74 Å². The maximum Gasteiger partial charge on any atom is 0.222 e. The van der Waals surface area contributed by atoms with Gasteiger partial charge >= 0.3 is 0 Å². The van der Waals surface area contributed by atoms with Crippen molar-refractivity contribution in [2.24, 2.45) is 0 Å². The fourth-order valence-electron chi connectivity index (χ4n) is 2.02. The summed E-state index contributed by atoms with van der Waals surface area (Å²) in [5, 5.41) is 3.36. The molecular formula is C16H23FN2O2. The van der Waals surface area contributed by atoms with E-state index >= 15 is 0 Å². The van der Waals surface area contributed by atoms with Crippen LogP contribution in [0, 0.1) is 5.82 Å². The van der Waals surface area contributed by atoms with Gasteiger partial charge in [0.05, 0.1) is 6.61 Å². The van der Waals surface area contributed by atoms with Gasteiger partial charge in [-0.25, -0.2) is 4.39 Å². The fourth-order valence-corrected chi connectivity index (χ4v) is 2.02. The predicted octanol–water partition coefficient (Wildman–Crippen LogP) is 2.32. The molecule has 4 nitrogen and oxygen atoms in total. The van der Waals surface area contributed by atoms with Gasteiger partial charge < -0.3 is 15.0 Å². The van der Waals surface area contributed by atoms with Crippen LogP contribution in [0.1, 0.15) is 31.2 Å². The van der Waals surface area contributed by atoms with Crippen LogP contribution < -0.4 is 10.1 Å². The topological polar surface area (TPSA) is 41.6 Å². The van der Waals surface area contributed by atoms with Crippen molar-refractivity contribution in [2.45, 2.75) is 38.3 Å². The van der Waals surface area contributed by atoms with Gasteiger partial charge in [0.25, 0.3) is 0 Å². The highest BCUT2D eigenvalue weighted by Gasteiger charge is 2.21. The van der Waals surface area contributed by atoms with Crippen LogP contribution in [0.4, 0.5) is 4.39 Å². The Kier molecular flexibility index (Phi) is 5.56. The fraction of sp³-hybridized carbons (Fsp3) is 0.562. The summed E-state index contributed by atoms with van der Waals surface area (Å²) in [5.41, 5.74) is 0.834. The zero-order valence-electron chi connectivity index (χ0n) is 12.7. The zero-order valence-corrected chi connectivity index (χ0v) is 12.7. The summed E-state index contributed by atoms with van der Waals surface area (Å²) < 4.78 is 19.4. The first-order valence-electron chi connectivity index (χ1n) is 7.41. The number of nitrogens with one attached hydrogen (secondary N) is 1. The lowest BCUT2D eigenvalue weighted by atomic mass is 10.2. The average molecular weight is 294 g/mol. The Bertz CT molecular complexity index is 487. The number of nitrogens with zero attached hydrogens (tertiary/aromatic N) is 1. The van der Waals surface area contributed by atoms with Crippen LogP contribution in [0.25, 0.3) is 0 Å². The van der Waals surface area contributed by atoms with Crippen molar-refractivity contribution in [2.75, 3.05) is 20.7 Å². The summed E-state index contributed by atoms with van der Waals surface area (Å²) in [6, 6.07) is 5.54. The van der Waals surface area contributed by atoms with Crippen LogP contribution in [0.15, 0.2) is 18.2 Å². The molecule has 0 radical (unpaired) electrons. The van der Waals surface area contributed by atoms with E-state index in [0.717, 1.165) is 5.56 Å². The van der Waals surface area contributed by atoms with Crippen molar-refractivity contribution in [1.82, 2.24) is 10.2 Å². The molecule has 1 N–H and O–H groups in total. The highest BCUT2D eigenvalue weighted by atomic mass is 19.1. The summed E-state index contributed by atoms with van der Waals surface area (Å²) in [5.74, 6) is 0.0229. The maximum absolute atomic E-state index is 13.9. The van der Waals surface area contributed by atoms with Crippen LogP contribution in [-0.4, -0.2) is 37.6 Å². The van der Waals surface area contributed by atoms with Crippen molar-refractivity contribution in [3.63, 3.8) is 0 Å². The minimum absolute atomic E-state index is 0.0581. The molecule has 1 aliphatic rings. The second-order valence-electron chi connectivity index (χ2n) is 5.62. The highest BCUT2D eigenvalue weighted by Crippen LogP contribution is 2.25. The molecule has 2 rings (SSSR count). The van der Waals surface area contributed by atoms with Gasteiger partial charge in [0, 0.05) is 38.7 Å². The van der Waals surface area contributed by atoms with Crippen molar-refractivity contribution in [3.05, 3.63) is 29.6 Å². The number of carbonyl (C=O) groups excluding carboxylic acids is 1. The largest absolute Gasteiger partial charge is 0.490 e. The highest BCUT2D eigenvalue weighted by molar-refractivity contribution is 5.75. The van der Waals surface area contributed by atoms with Crippen LogP contribution in [0.3, 0.4) is 0 Å². The standard InChI is InChI=1S/C16H23FN2O2/c1-19(2)15(20)7-4-10-21-16-12(5-3-6-14(16)17)11-18-13-8-9-13/h3,5-6,13,18H,4,7-11H2,1-2H3. The smallest absolute Gasteiger partial charge is 0.222 e. The number of hydrogen-bond donors (Lipinski definition) is 1. The third-order valence-corrected chi connectivity index (χ3v) is 3.49. The van der Waals surface area contributed by atoms with Crippen LogP contribution >= 0.6 is 0 Å². The number of ether oxygens (including phenoxy) is 1. The van der Waals surface area contributed by atoms with E-state index in [-0.39, 0.29) is 11.7 Å². The van der Waals surface area contributed by atoms with E-state index in [0.29, 0.717) is 37.8 Å². The van der Waals surface area contributed by atoms with E-state index in [1.165, 1.54) is 18.9 Å². The lowest BCUT2D eigenvalue weighted by Gasteiger charge is -2.14. The number of para-hydroxylation sites is 1. The summed E-state index contributed by atoms with van der Waals surface area (Å²) in [6.07, 6.45) is 3.38. The van der Waals surface area contributed by atoms with Gasteiger partial charge in [-0.2, -0.15) is 0 Å². The molecule has 116 valence electrons. The van der Waals surface area contributed by atoms with Crippen molar-refractivity contribution >= 4 is 5.91 Å². The molecule has 0 spiro atoms. The quantitative estimate of drug-likeness (QED) is 0.748. The molecule has 1 fully saturated rings. The first-order valence-corrected chi connectivity index (χ1v) is 7.41. The second kappa shape index (κ2) is 7.41. The van der Waals surface area contributed by atoms with Crippen molar-refractivity contribution in [3.8, 4) is 5.75 Å². The molecule has 1 aliphatic carbocycles. The monoisotopic (exact) mass is 294 g/mol. The van der Waals surface area contributed by atoms with Gasteiger partial charge in [0.15, 0.2) is 11.6 Å². The molecule has 0 saturated heterocycles. The van der Waals surface area contributed by atoms with E-state index in [9.17, 15) is 9.18 Å². The van der Waals surface area contributed by atoms with Crippen LogP contribution in [0.5, 0.6) is 5.75 Å². The molecule has 1 amide bonds. The van der Waals surface area contributed by atoms with Gasteiger partial charge in [-0.15, -0.1) is 0 Å². The SMILES string of the molecule is CN(C)C(=O)CCCOc1c(F)cccc1CNC1CC1. The maximum atomic E-state index is 13.9. The number of halogens is 1. The molecule has 0 aliphatic heterocycles. The first kappa shape index (κ1) is 15.8. The van der Waals surface area contributed by atoms with E-state index in [1.54, 1.807) is 25.1 Å². The Morgan fingerprint density at radius 1 is 1.43 bits per heavy atom. The van der Waals surface area contributed by atoms with Crippen LogP contribution in [0.2, 0.25) is 0 Å². The summed E-state index contributed by atoms with van der Waals surface area (Å²) in [7, 11) is 3.45. The molecule has 0 aromatic heterocycles. The molecule has 0 unspecified atom stereocenters. The Balaban J connectivity index is 1.84. The zero-order chi connectivity index (χ0) is 15.2. The Morgan fingerprint density at radius 3 is 2.86 bits per heavy atom. The molecule has 1 aromatic rings. The normalized spacial score (nSPS) is 14.0. The third-order valence-electron chi connectivity index (χ3n) is 3.49. The van der Waals surface area contributed by atoms with E-state index < -0.39 is 0 Å². The minimum atomic E-state index is -0.343. The molecule has 5 heteroatoms. The van der Waals surface area contributed by atoms with Gasteiger partial charge in [-0.05, 0) is 25.3 Å². The minimum Gasteiger partial charge on any atom is -0.490 e. The lowest BCUT2D eigenvalue weighted by Crippen LogP contribution is -2.22. The number of amides is 1. The lowest BCUT2D eigenvalue weighted by molar-refractivity contribution is -0.128. The molecule has 0 bridgehead atoms. The van der Waals surface area contributed by atoms with Crippen molar-refractivity contribution < 1.29 is 13.9 Å². The summed E-state index contributed by atoms with van der Waals surface area (Å²) in [6.45, 7) is 0.964. The molecule has 1 saturated carbocycles. The van der Waals surface area contributed by atoms with Gasteiger partial charge in [-0.1, -0.05) is 12.1 Å². The molecule has 21 heavy (non-hydrogen) atoms. The second-order valence-corrected chi connectivity index (χ2v) is 5.62. The molecule has 1 aromatic carbocycles. The third kappa shape index (κ3) is 5.01. The molecule has 0 atom stereocenters. The number of hydrogen-bond acceptors (Lipinski definition) is 3. The number of rotatable bonds is 8. The average Bonchev–Trinajstić information content (AvgIpc) is 3.26. The van der Waals surface area contributed by atoms with Crippen LogP contribution in [-0.2, 0) is 11.3 Å². The van der Waals surface area contributed by atoms with E-state index in [1.807, 2.05) is 6.07 Å². The summed E-state index contributed by atoms with van der Waals surface area (Å²) in [4.78, 5) is 13.0. The first-order chi connectivity index (χ1) is 10.1. The van der Waals surface area contributed by atoms with E-state index in [2.05, 4.69) is 5.32 Å². The van der Waals surface area contributed by atoms with Gasteiger partial charge in [0.1, 0.15) is 0 Å². The van der Waals surface area contributed by atoms with Gasteiger partial charge in [-0.3, -0.25) is 4.79 Å². The predicted molar refractivity (Wildman–Crippen MR) is 79.7 cm³/mol. The Hall–Kier alpha value is -1.62. The Morgan fingerprint density at radius 2 is 2.19 bits per heavy atom. The molecular weight excluding hydrogens is 271 g/mol. The van der Waals surface area contributed by atoms with Gasteiger partial charge in [0.2, 0.25) is 5.91 Å². The molecule has 0 heterocycles. The van der Waals surface area contributed by atoms with Crippen molar-refractivity contribution in [1.29, 1.82) is 0 Å². The summed E-state index contributed by atoms with van der Waals surface area (Å²) >= 11 is 0.